The second-order valence-electron chi connectivity index (χ2n) is 7.33. The zero-order valence-electron chi connectivity index (χ0n) is 16.0. The maximum Gasteiger partial charge on any atom is 0.0516 e. The fraction of sp³-hybridized carbons (Fsp3) is 0.192. The van der Waals surface area contributed by atoms with E-state index in [2.05, 4.69) is 77.4 Å². The summed E-state index contributed by atoms with van der Waals surface area (Å²) in [5.41, 5.74) is 5.79. The van der Waals surface area contributed by atoms with Crippen molar-refractivity contribution < 1.29 is 25.8 Å². The van der Waals surface area contributed by atoms with Gasteiger partial charge in [-0.15, -0.1) is 47.5 Å². The molecular formula is C26H23HfN-2. The van der Waals surface area contributed by atoms with Gasteiger partial charge in [0.15, 0.2) is 0 Å². The third kappa shape index (κ3) is 3.51. The SMILES string of the molecule is [C-]1=CC=CC1.[Hf].c1ccc2[cH-]c(-n3c4c(c5ccccc53)CCCC4)cc2c1. The summed E-state index contributed by atoms with van der Waals surface area (Å²) in [4.78, 5) is 0. The molecule has 0 radical (unpaired) electrons. The molecular weight excluding hydrogens is 505 g/mol. The van der Waals surface area contributed by atoms with Gasteiger partial charge in [-0.25, -0.2) is 12.2 Å². The van der Waals surface area contributed by atoms with E-state index in [-0.39, 0.29) is 25.8 Å². The molecule has 2 aliphatic carbocycles. The van der Waals surface area contributed by atoms with Gasteiger partial charge >= 0.3 is 0 Å². The molecule has 0 aliphatic heterocycles. The normalized spacial score (nSPS) is 14.6. The van der Waals surface area contributed by atoms with Gasteiger partial charge in [0.2, 0.25) is 0 Å². The molecule has 0 fully saturated rings. The third-order valence-corrected chi connectivity index (χ3v) is 5.63. The first-order chi connectivity index (χ1) is 13.4. The van der Waals surface area contributed by atoms with Gasteiger partial charge in [-0.2, -0.15) is 6.08 Å². The fourth-order valence-corrected chi connectivity index (χ4v) is 4.39. The van der Waals surface area contributed by atoms with Crippen molar-refractivity contribution >= 4 is 21.7 Å². The second kappa shape index (κ2) is 8.53. The average molecular weight is 528 g/mol. The van der Waals surface area contributed by atoms with Gasteiger partial charge in [0.05, 0.1) is 5.52 Å². The molecule has 0 atom stereocenters. The number of fused-ring (bicyclic) bond motifs is 4. The molecule has 6 rings (SSSR count). The Labute approximate surface area is 185 Å². The zero-order chi connectivity index (χ0) is 18.1. The number of allylic oxidation sites excluding steroid dienone is 4. The van der Waals surface area contributed by atoms with Crippen LogP contribution < -0.4 is 0 Å². The number of hydrogen-bond acceptors (Lipinski definition) is 0. The Morgan fingerprint density at radius 1 is 0.929 bits per heavy atom. The number of para-hydroxylation sites is 1. The molecule has 0 N–H and O–H groups in total. The van der Waals surface area contributed by atoms with E-state index in [1.165, 1.54) is 58.7 Å². The molecule has 0 saturated heterocycles. The van der Waals surface area contributed by atoms with Gasteiger partial charge in [0.1, 0.15) is 0 Å². The molecule has 4 aromatic rings. The number of hydrogen-bond donors (Lipinski definition) is 0. The number of rotatable bonds is 1. The zero-order valence-corrected chi connectivity index (χ0v) is 19.6. The third-order valence-electron chi connectivity index (χ3n) is 5.63. The summed E-state index contributed by atoms with van der Waals surface area (Å²) in [6.07, 6.45) is 15.1. The van der Waals surface area contributed by atoms with Crippen LogP contribution in [0.4, 0.5) is 0 Å². The van der Waals surface area contributed by atoms with Gasteiger partial charge in [0.25, 0.3) is 0 Å². The molecule has 2 aliphatic rings. The first-order valence-corrected chi connectivity index (χ1v) is 9.90. The van der Waals surface area contributed by atoms with Gasteiger partial charge in [0, 0.05) is 36.9 Å². The monoisotopic (exact) mass is 529 g/mol. The molecule has 1 heterocycles. The van der Waals surface area contributed by atoms with Crippen LogP contribution in [-0.4, -0.2) is 4.57 Å². The number of aryl methyl sites for hydroxylation is 1. The molecule has 1 nitrogen and oxygen atoms in total. The van der Waals surface area contributed by atoms with Crippen molar-refractivity contribution in [2.45, 2.75) is 32.1 Å². The van der Waals surface area contributed by atoms with Crippen LogP contribution in [-0.2, 0) is 38.7 Å². The van der Waals surface area contributed by atoms with Crippen LogP contribution in [0.3, 0.4) is 0 Å². The summed E-state index contributed by atoms with van der Waals surface area (Å²) in [7, 11) is 0. The Morgan fingerprint density at radius 3 is 2.54 bits per heavy atom. The van der Waals surface area contributed by atoms with Crippen molar-refractivity contribution in [3.8, 4) is 5.69 Å². The topological polar surface area (TPSA) is 4.93 Å². The van der Waals surface area contributed by atoms with E-state index < -0.39 is 0 Å². The van der Waals surface area contributed by atoms with E-state index in [0.717, 1.165) is 6.42 Å². The molecule has 0 unspecified atom stereocenters. The fourth-order valence-electron chi connectivity index (χ4n) is 4.39. The summed E-state index contributed by atoms with van der Waals surface area (Å²) in [6.45, 7) is 0. The summed E-state index contributed by atoms with van der Waals surface area (Å²) in [5, 5.41) is 4.11. The minimum Gasteiger partial charge on any atom is -0.332 e. The Balaban J connectivity index is 0.000000282. The summed E-state index contributed by atoms with van der Waals surface area (Å²) in [5.74, 6) is 0. The van der Waals surface area contributed by atoms with E-state index in [1.807, 2.05) is 12.2 Å². The Kier molecular flexibility index (Phi) is 5.87. The van der Waals surface area contributed by atoms with Crippen molar-refractivity contribution in [2.24, 2.45) is 0 Å². The smallest absolute Gasteiger partial charge is 0.0516 e. The van der Waals surface area contributed by atoms with Crippen LogP contribution in [0.1, 0.15) is 30.5 Å². The van der Waals surface area contributed by atoms with Crippen LogP contribution in [0, 0.1) is 6.08 Å². The van der Waals surface area contributed by atoms with Gasteiger partial charge in [-0.1, -0.05) is 24.3 Å². The Morgan fingerprint density at radius 2 is 1.75 bits per heavy atom. The minimum atomic E-state index is 0. The predicted molar refractivity (Wildman–Crippen MR) is 115 cm³/mol. The Bertz CT molecular complexity index is 1110. The van der Waals surface area contributed by atoms with Crippen LogP contribution >= 0.6 is 0 Å². The molecule has 3 aromatic carbocycles. The van der Waals surface area contributed by atoms with Crippen molar-refractivity contribution in [1.29, 1.82) is 0 Å². The Hall–Kier alpha value is -2.06. The van der Waals surface area contributed by atoms with E-state index in [0.29, 0.717) is 0 Å². The molecule has 0 amide bonds. The molecule has 0 bridgehead atoms. The molecule has 28 heavy (non-hydrogen) atoms. The summed E-state index contributed by atoms with van der Waals surface area (Å²) in [6, 6.07) is 22.2. The number of nitrogens with zero attached hydrogens (tertiary/aromatic N) is 1. The quantitative estimate of drug-likeness (QED) is 0.192. The summed E-state index contributed by atoms with van der Waals surface area (Å²) >= 11 is 0. The van der Waals surface area contributed by atoms with Crippen LogP contribution in [0.15, 0.2) is 78.9 Å². The van der Waals surface area contributed by atoms with Crippen LogP contribution in [0.25, 0.3) is 27.4 Å². The maximum atomic E-state index is 2.99. The van der Waals surface area contributed by atoms with Crippen LogP contribution in [0.5, 0.6) is 0 Å². The standard InChI is InChI=1S/C21H18N.C5H5.Hf/c1-2-8-16-14-17(13-15(16)7-1)22-20-11-5-3-9-18(20)19-10-4-6-12-21(19)22;1-2-4-5-3-1;/h1-3,5,7-9,11,13-14H,4,6,10,12H2;1-3H,4H2;/q2*-1;. The van der Waals surface area contributed by atoms with E-state index >= 15 is 0 Å². The van der Waals surface area contributed by atoms with Crippen molar-refractivity contribution in [3.63, 3.8) is 0 Å². The van der Waals surface area contributed by atoms with E-state index in [4.69, 9.17) is 0 Å². The van der Waals surface area contributed by atoms with Crippen LogP contribution in [0.2, 0.25) is 0 Å². The van der Waals surface area contributed by atoms with Crippen molar-refractivity contribution in [1.82, 2.24) is 4.57 Å². The minimum absolute atomic E-state index is 0. The second-order valence-corrected chi connectivity index (χ2v) is 7.33. The average Bonchev–Trinajstić information content (AvgIpc) is 3.46. The predicted octanol–water partition coefficient (Wildman–Crippen LogP) is 6.68. The van der Waals surface area contributed by atoms with E-state index in [1.54, 1.807) is 5.56 Å². The number of benzene rings is 2. The largest absolute Gasteiger partial charge is 0.332 e. The van der Waals surface area contributed by atoms with Gasteiger partial charge < -0.3 is 4.57 Å². The molecule has 0 spiro atoms. The van der Waals surface area contributed by atoms with Crippen molar-refractivity contribution in [2.75, 3.05) is 0 Å². The molecule has 1 aromatic heterocycles. The van der Waals surface area contributed by atoms with Crippen molar-refractivity contribution in [3.05, 3.63) is 96.2 Å². The van der Waals surface area contributed by atoms with E-state index in [9.17, 15) is 0 Å². The molecule has 138 valence electrons. The first-order valence-electron chi connectivity index (χ1n) is 9.90. The number of aromatic nitrogens is 1. The first kappa shape index (κ1) is 19.3. The molecule has 0 saturated carbocycles. The molecule has 2 heteroatoms. The van der Waals surface area contributed by atoms with Gasteiger partial charge in [-0.3, -0.25) is 6.08 Å². The summed E-state index contributed by atoms with van der Waals surface area (Å²) < 4.78 is 2.50. The maximum absolute atomic E-state index is 2.99. The van der Waals surface area contributed by atoms with Gasteiger partial charge in [-0.05, 0) is 43.0 Å².